The van der Waals surface area contributed by atoms with Gasteiger partial charge in [-0.1, -0.05) is 26.0 Å². The Kier molecular flexibility index (Phi) is 7.27. The van der Waals surface area contributed by atoms with E-state index in [4.69, 9.17) is 4.74 Å². The summed E-state index contributed by atoms with van der Waals surface area (Å²) in [5, 5.41) is 8.81. The average Bonchev–Trinajstić information content (AvgIpc) is 2.78. The van der Waals surface area contributed by atoms with Crippen molar-refractivity contribution in [3.63, 3.8) is 0 Å². The van der Waals surface area contributed by atoms with Crippen molar-refractivity contribution in [2.75, 3.05) is 29.6 Å². The Hall–Kier alpha value is -3.80. The maximum atomic E-state index is 12.4. The Morgan fingerprint density at radius 1 is 0.839 bits per heavy atom. The van der Waals surface area contributed by atoms with Crippen LogP contribution in [0.1, 0.15) is 35.7 Å². The molecule has 0 bridgehead atoms. The van der Waals surface area contributed by atoms with Gasteiger partial charge >= 0.3 is 0 Å². The molecule has 0 aliphatic carbocycles. The van der Waals surface area contributed by atoms with Crippen LogP contribution in [-0.4, -0.2) is 25.5 Å². The van der Waals surface area contributed by atoms with E-state index in [0.29, 0.717) is 17.2 Å². The number of hydrogen-bond donors (Lipinski definition) is 3. The molecule has 3 rings (SSSR count). The van der Waals surface area contributed by atoms with Gasteiger partial charge < -0.3 is 20.7 Å². The van der Waals surface area contributed by atoms with Gasteiger partial charge in [-0.25, -0.2) is 0 Å². The smallest absolute Gasteiger partial charge is 0.255 e. The highest BCUT2D eigenvalue weighted by molar-refractivity contribution is 6.04. The standard InChI is InChI=1S/C25H27N3O3/c1-17(2)19-5-4-6-22(15-19)27-24(29)16-26-20-9-7-18(8-10-20)25(30)28-21-11-13-23(31-3)14-12-21/h4-15,17,26H,16H2,1-3H3,(H,27,29)(H,28,30). The molecule has 6 nitrogen and oxygen atoms in total. The number of nitrogens with one attached hydrogen (secondary N) is 3. The van der Waals surface area contributed by atoms with E-state index in [9.17, 15) is 9.59 Å². The minimum Gasteiger partial charge on any atom is -0.497 e. The number of hydrogen-bond acceptors (Lipinski definition) is 4. The molecule has 3 aromatic rings. The first-order chi connectivity index (χ1) is 14.9. The van der Waals surface area contributed by atoms with Crippen LogP contribution in [-0.2, 0) is 4.79 Å². The molecule has 0 heterocycles. The lowest BCUT2D eigenvalue weighted by atomic mass is 10.0. The largest absolute Gasteiger partial charge is 0.497 e. The predicted molar refractivity (Wildman–Crippen MR) is 125 cm³/mol. The van der Waals surface area contributed by atoms with Crippen LogP contribution in [0.25, 0.3) is 0 Å². The highest BCUT2D eigenvalue weighted by Gasteiger charge is 2.08. The van der Waals surface area contributed by atoms with Crippen molar-refractivity contribution < 1.29 is 14.3 Å². The molecule has 6 heteroatoms. The molecule has 0 radical (unpaired) electrons. The summed E-state index contributed by atoms with van der Waals surface area (Å²) in [6, 6.07) is 21.9. The van der Waals surface area contributed by atoms with E-state index in [1.165, 1.54) is 5.56 Å². The van der Waals surface area contributed by atoms with Crippen molar-refractivity contribution in [3.05, 3.63) is 83.9 Å². The Morgan fingerprint density at radius 3 is 2.16 bits per heavy atom. The Labute approximate surface area is 182 Å². The van der Waals surface area contributed by atoms with Gasteiger partial charge in [-0.05, 0) is 72.1 Å². The van der Waals surface area contributed by atoms with Crippen molar-refractivity contribution in [1.29, 1.82) is 0 Å². The van der Waals surface area contributed by atoms with Gasteiger partial charge in [-0.2, -0.15) is 0 Å². The number of benzene rings is 3. The van der Waals surface area contributed by atoms with Gasteiger partial charge in [0.15, 0.2) is 0 Å². The van der Waals surface area contributed by atoms with Crippen LogP contribution in [0.5, 0.6) is 5.75 Å². The van der Waals surface area contributed by atoms with Gasteiger partial charge in [0.05, 0.1) is 13.7 Å². The van der Waals surface area contributed by atoms with Gasteiger partial charge in [0, 0.05) is 22.6 Å². The van der Waals surface area contributed by atoms with Gasteiger partial charge in [-0.3, -0.25) is 9.59 Å². The lowest BCUT2D eigenvalue weighted by molar-refractivity contribution is -0.114. The molecular formula is C25H27N3O3. The molecule has 2 amide bonds. The fourth-order valence-electron chi connectivity index (χ4n) is 2.98. The monoisotopic (exact) mass is 417 g/mol. The molecule has 0 spiro atoms. The van der Waals surface area contributed by atoms with Crippen LogP contribution in [0.3, 0.4) is 0 Å². The third-order valence-electron chi connectivity index (χ3n) is 4.79. The van der Waals surface area contributed by atoms with E-state index >= 15 is 0 Å². The van der Waals surface area contributed by atoms with Crippen molar-refractivity contribution >= 4 is 28.9 Å². The second-order valence-electron chi connectivity index (χ2n) is 7.44. The molecule has 0 unspecified atom stereocenters. The predicted octanol–water partition coefficient (Wildman–Crippen LogP) is 5.12. The van der Waals surface area contributed by atoms with Crippen LogP contribution in [0.4, 0.5) is 17.1 Å². The summed E-state index contributed by atoms with van der Waals surface area (Å²) in [7, 11) is 1.59. The first-order valence-corrected chi connectivity index (χ1v) is 10.1. The molecule has 0 saturated carbocycles. The molecule has 0 saturated heterocycles. The second kappa shape index (κ2) is 10.3. The SMILES string of the molecule is COc1ccc(NC(=O)c2ccc(NCC(=O)Nc3cccc(C(C)C)c3)cc2)cc1. The maximum Gasteiger partial charge on any atom is 0.255 e. The van der Waals surface area contributed by atoms with Crippen molar-refractivity contribution in [2.45, 2.75) is 19.8 Å². The van der Waals surface area contributed by atoms with Gasteiger partial charge in [0.1, 0.15) is 5.75 Å². The summed E-state index contributed by atoms with van der Waals surface area (Å²) < 4.78 is 5.11. The number of rotatable bonds is 8. The summed E-state index contributed by atoms with van der Waals surface area (Å²) in [5.41, 5.74) is 3.92. The van der Waals surface area contributed by atoms with Gasteiger partial charge in [0.25, 0.3) is 5.91 Å². The Bertz CT molecular complexity index is 1030. The van der Waals surface area contributed by atoms with Gasteiger partial charge in [0.2, 0.25) is 5.91 Å². The molecule has 0 aromatic heterocycles. The van der Waals surface area contributed by atoms with Crippen LogP contribution in [0.2, 0.25) is 0 Å². The fraction of sp³-hybridized carbons (Fsp3) is 0.200. The normalized spacial score (nSPS) is 10.5. The molecule has 31 heavy (non-hydrogen) atoms. The molecule has 3 aromatic carbocycles. The minimum atomic E-state index is -0.209. The molecule has 160 valence electrons. The molecule has 0 fully saturated rings. The highest BCUT2D eigenvalue weighted by Crippen LogP contribution is 2.19. The summed E-state index contributed by atoms with van der Waals surface area (Å²) in [6.45, 7) is 4.36. The summed E-state index contributed by atoms with van der Waals surface area (Å²) in [6.07, 6.45) is 0. The van der Waals surface area contributed by atoms with Gasteiger partial charge in [-0.15, -0.1) is 0 Å². The van der Waals surface area contributed by atoms with Crippen molar-refractivity contribution in [1.82, 2.24) is 0 Å². The minimum absolute atomic E-state index is 0.128. The number of carbonyl (C=O) groups excluding carboxylic acids is 2. The molecule has 3 N–H and O–H groups in total. The quantitative estimate of drug-likeness (QED) is 0.475. The summed E-state index contributed by atoms with van der Waals surface area (Å²) in [4.78, 5) is 24.6. The maximum absolute atomic E-state index is 12.4. The number of amides is 2. The van der Waals surface area contributed by atoms with E-state index < -0.39 is 0 Å². The van der Waals surface area contributed by atoms with Crippen molar-refractivity contribution in [2.24, 2.45) is 0 Å². The zero-order valence-corrected chi connectivity index (χ0v) is 17.9. The molecule has 0 aliphatic rings. The number of anilines is 3. The molecule has 0 atom stereocenters. The zero-order chi connectivity index (χ0) is 22.2. The van der Waals surface area contributed by atoms with E-state index in [2.05, 4.69) is 29.8 Å². The topological polar surface area (TPSA) is 79.5 Å². The Morgan fingerprint density at radius 2 is 1.52 bits per heavy atom. The third kappa shape index (κ3) is 6.34. The number of ether oxygens (including phenoxy) is 1. The lowest BCUT2D eigenvalue weighted by Crippen LogP contribution is -2.21. The Balaban J connectivity index is 1.51. The van der Waals surface area contributed by atoms with E-state index in [1.807, 2.05) is 24.3 Å². The third-order valence-corrected chi connectivity index (χ3v) is 4.79. The first-order valence-electron chi connectivity index (χ1n) is 10.1. The van der Waals surface area contributed by atoms with Crippen LogP contribution in [0.15, 0.2) is 72.8 Å². The lowest BCUT2D eigenvalue weighted by Gasteiger charge is -2.11. The number of methoxy groups -OCH3 is 1. The van der Waals surface area contributed by atoms with Crippen LogP contribution in [0, 0.1) is 0 Å². The molecular weight excluding hydrogens is 390 g/mol. The average molecular weight is 418 g/mol. The van der Waals surface area contributed by atoms with E-state index in [-0.39, 0.29) is 18.4 Å². The van der Waals surface area contributed by atoms with E-state index in [0.717, 1.165) is 17.1 Å². The van der Waals surface area contributed by atoms with Crippen LogP contribution < -0.4 is 20.7 Å². The fourth-order valence-corrected chi connectivity index (χ4v) is 2.98. The first kappa shape index (κ1) is 21.9. The highest BCUT2D eigenvalue weighted by atomic mass is 16.5. The molecule has 0 aliphatic heterocycles. The van der Waals surface area contributed by atoms with Crippen LogP contribution >= 0.6 is 0 Å². The number of carbonyl (C=O) groups is 2. The van der Waals surface area contributed by atoms with E-state index in [1.54, 1.807) is 55.6 Å². The zero-order valence-electron chi connectivity index (χ0n) is 17.9. The summed E-state index contributed by atoms with van der Waals surface area (Å²) >= 11 is 0. The second-order valence-corrected chi connectivity index (χ2v) is 7.44. The van der Waals surface area contributed by atoms with Crippen molar-refractivity contribution in [3.8, 4) is 5.75 Å². The summed E-state index contributed by atoms with van der Waals surface area (Å²) in [5.74, 6) is 0.780.